The lowest BCUT2D eigenvalue weighted by molar-refractivity contribution is 0.311. The maximum atomic E-state index is 9.08. The van der Waals surface area contributed by atoms with Gasteiger partial charge in [0.2, 0.25) is 0 Å². The molecule has 0 radical (unpaired) electrons. The molecule has 0 unspecified atom stereocenters. The van der Waals surface area contributed by atoms with Crippen molar-refractivity contribution in [2.24, 2.45) is 0 Å². The van der Waals surface area contributed by atoms with E-state index in [1.807, 2.05) is 49.4 Å². The number of aromatic nitrogens is 2. The van der Waals surface area contributed by atoms with Gasteiger partial charge in [0.05, 0.1) is 6.61 Å². The molecule has 2 aromatic carbocycles. The predicted molar refractivity (Wildman–Crippen MR) is 119 cm³/mol. The molecule has 8 heteroatoms. The highest BCUT2D eigenvalue weighted by atomic mass is 35.5. The third-order valence-corrected chi connectivity index (χ3v) is 5.88. The summed E-state index contributed by atoms with van der Waals surface area (Å²) in [7, 11) is 0. The molecule has 146 valence electrons. The maximum absolute atomic E-state index is 9.08. The van der Waals surface area contributed by atoms with Gasteiger partial charge in [-0.25, -0.2) is 9.97 Å². The van der Waals surface area contributed by atoms with Crippen LogP contribution < -0.4 is 10.0 Å². The van der Waals surface area contributed by atoms with Crippen molar-refractivity contribution in [3.8, 4) is 0 Å². The van der Waals surface area contributed by atoms with Crippen LogP contribution >= 0.6 is 35.3 Å². The van der Waals surface area contributed by atoms with E-state index in [1.165, 1.54) is 17.5 Å². The monoisotopic (exact) mass is 432 g/mol. The molecule has 0 aliphatic heterocycles. The van der Waals surface area contributed by atoms with Crippen molar-refractivity contribution in [3.63, 3.8) is 0 Å². The summed E-state index contributed by atoms with van der Waals surface area (Å²) in [6, 6.07) is 17.9. The number of hydrogen-bond donors (Lipinski definition) is 3. The molecule has 5 nitrogen and oxygen atoms in total. The first-order chi connectivity index (χ1) is 13.6. The summed E-state index contributed by atoms with van der Waals surface area (Å²) in [4.78, 5) is 10.1. The number of anilines is 2. The van der Waals surface area contributed by atoms with E-state index in [-0.39, 0.29) is 6.61 Å². The summed E-state index contributed by atoms with van der Waals surface area (Å²) < 4.78 is 3.25. The highest BCUT2D eigenvalue weighted by Crippen LogP contribution is 2.28. The standard InChI is InChI=1S/C20H21ClN4OS2/c1-14-7-8-16(11-17(14)21)28-25-19-12-18(22-9-10-26)23-20(24-19)27-13-15-5-3-2-4-6-15/h2-8,11-12,26H,9-10,13H2,1H3,(H2,22,23,24,25). The van der Waals surface area contributed by atoms with Gasteiger partial charge in [-0.2, -0.15) is 0 Å². The van der Waals surface area contributed by atoms with Gasteiger partial charge in [-0.3, -0.25) is 0 Å². The fourth-order valence-corrected chi connectivity index (χ4v) is 3.99. The lowest BCUT2D eigenvalue weighted by Crippen LogP contribution is -2.08. The van der Waals surface area contributed by atoms with Gasteiger partial charge in [-0.05, 0) is 42.1 Å². The zero-order valence-electron chi connectivity index (χ0n) is 15.4. The average Bonchev–Trinajstić information content (AvgIpc) is 2.72. The second-order valence-electron chi connectivity index (χ2n) is 5.96. The fraction of sp³-hybridized carbons (Fsp3) is 0.200. The number of nitrogens with one attached hydrogen (secondary N) is 2. The van der Waals surface area contributed by atoms with Crippen molar-refractivity contribution in [3.05, 3.63) is 70.7 Å². The summed E-state index contributed by atoms with van der Waals surface area (Å²) in [5, 5.41) is 13.6. The smallest absolute Gasteiger partial charge is 0.191 e. The fourth-order valence-electron chi connectivity index (χ4n) is 2.29. The van der Waals surface area contributed by atoms with E-state index in [0.717, 1.165) is 21.2 Å². The van der Waals surface area contributed by atoms with E-state index in [9.17, 15) is 0 Å². The van der Waals surface area contributed by atoms with E-state index >= 15 is 0 Å². The van der Waals surface area contributed by atoms with Crippen molar-refractivity contribution >= 4 is 46.9 Å². The molecule has 0 spiro atoms. The molecule has 1 heterocycles. The SMILES string of the molecule is Cc1ccc(SNc2cc(NCCO)nc(SCc3ccccc3)n2)cc1Cl. The van der Waals surface area contributed by atoms with Gasteiger partial charge < -0.3 is 15.1 Å². The van der Waals surface area contributed by atoms with Gasteiger partial charge in [0.1, 0.15) is 11.6 Å². The van der Waals surface area contributed by atoms with E-state index in [2.05, 4.69) is 32.1 Å². The van der Waals surface area contributed by atoms with Gasteiger partial charge in [0, 0.05) is 28.3 Å². The van der Waals surface area contributed by atoms with Crippen molar-refractivity contribution in [1.82, 2.24) is 9.97 Å². The Bertz CT molecular complexity index is 912. The van der Waals surface area contributed by atoms with E-state index in [4.69, 9.17) is 16.7 Å². The quantitative estimate of drug-likeness (QED) is 0.242. The second kappa shape index (κ2) is 10.6. The largest absolute Gasteiger partial charge is 0.395 e. The van der Waals surface area contributed by atoms with E-state index in [1.54, 1.807) is 11.8 Å². The molecule has 3 aromatic rings. The molecule has 3 rings (SSSR count). The second-order valence-corrected chi connectivity index (χ2v) is 8.19. The number of hydrogen-bond acceptors (Lipinski definition) is 7. The van der Waals surface area contributed by atoms with Crippen LogP contribution in [0.1, 0.15) is 11.1 Å². The van der Waals surface area contributed by atoms with Crippen LogP contribution in [0.15, 0.2) is 64.6 Å². The van der Waals surface area contributed by atoms with Gasteiger partial charge >= 0.3 is 0 Å². The van der Waals surface area contributed by atoms with Crippen molar-refractivity contribution < 1.29 is 5.11 Å². The van der Waals surface area contributed by atoms with Crippen LogP contribution in [0.3, 0.4) is 0 Å². The molecule has 0 aliphatic rings. The molecule has 1 aromatic heterocycles. The summed E-state index contributed by atoms with van der Waals surface area (Å²) in [6.45, 7) is 2.44. The van der Waals surface area contributed by atoms with E-state index < -0.39 is 0 Å². The van der Waals surface area contributed by atoms with Crippen LogP contribution in [0, 0.1) is 6.92 Å². The highest BCUT2D eigenvalue weighted by molar-refractivity contribution is 8.00. The molecule has 0 amide bonds. The Hall–Kier alpha value is -1.93. The van der Waals surface area contributed by atoms with Crippen LogP contribution in [0.5, 0.6) is 0 Å². The highest BCUT2D eigenvalue weighted by Gasteiger charge is 2.07. The first-order valence-corrected chi connectivity index (χ1v) is 10.9. The Morgan fingerprint density at radius 2 is 1.82 bits per heavy atom. The van der Waals surface area contributed by atoms with Crippen LogP contribution in [-0.4, -0.2) is 28.2 Å². The normalized spacial score (nSPS) is 10.7. The minimum Gasteiger partial charge on any atom is -0.395 e. The molecule has 0 saturated carbocycles. The van der Waals surface area contributed by atoms with Crippen molar-refractivity contribution in [1.29, 1.82) is 0 Å². The predicted octanol–water partition coefficient (Wildman–Crippen LogP) is 5.25. The number of nitrogens with zero attached hydrogens (tertiary/aromatic N) is 2. The number of benzene rings is 2. The van der Waals surface area contributed by atoms with Crippen molar-refractivity contribution in [2.45, 2.75) is 22.7 Å². The molecule has 0 atom stereocenters. The molecular weight excluding hydrogens is 412 g/mol. The number of aryl methyl sites for hydroxylation is 1. The summed E-state index contributed by atoms with van der Waals surface area (Å²) in [5.74, 6) is 2.14. The Morgan fingerprint density at radius 1 is 1.04 bits per heavy atom. The number of rotatable bonds is 9. The molecule has 0 aliphatic carbocycles. The third kappa shape index (κ3) is 6.31. The molecular formula is C20H21ClN4OS2. The topological polar surface area (TPSA) is 70.1 Å². The molecule has 0 saturated heterocycles. The van der Waals surface area contributed by atoms with E-state index in [0.29, 0.717) is 23.3 Å². The van der Waals surface area contributed by atoms with Crippen LogP contribution in [0.2, 0.25) is 5.02 Å². The summed E-state index contributed by atoms with van der Waals surface area (Å²) >= 11 is 9.21. The minimum atomic E-state index is 0.0376. The van der Waals surface area contributed by atoms with Gasteiger partial charge in [0.15, 0.2) is 5.16 Å². The number of halogens is 1. The average molecular weight is 433 g/mol. The van der Waals surface area contributed by atoms with Gasteiger partial charge in [-0.1, -0.05) is 59.8 Å². The molecule has 0 fully saturated rings. The zero-order valence-corrected chi connectivity index (χ0v) is 17.7. The molecule has 3 N–H and O–H groups in total. The first kappa shape index (κ1) is 20.8. The van der Waals surface area contributed by atoms with Crippen LogP contribution in [0.4, 0.5) is 11.6 Å². The van der Waals surface area contributed by atoms with Crippen LogP contribution in [-0.2, 0) is 5.75 Å². The Kier molecular flexibility index (Phi) is 7.85. The molecule has 0 bridgehead atoms. The Morgan fingerprint density at radius 3 is 2.57 bits per heavy atom. The van der Waals surface area contributed by atoms with Crippen molar-refractivity contribution in [2.75, 3.05) is 23.2 Å². The van der Waals surface area contributed by atoms with Gasteiger partial charge in [0.25, 0.3) is 0 Å². The lowest BCUT2D eigenvalue weighted by atomic mass is 10.2. The zero-order chi connectivity index (χ0) is 19.8. The third-order valence-electron chi connectivity index (χ3n) is 3.75. The maximum Gasteiger partial charge on any atom is 0.191 e. The molecule has 28 heavy (non-hydrogen) atoms. The van der Waals surface area contributed by atoms with Gasteiger partial charge in [-0.15, -0.1) is 0 Å². The number of aliphatic hydroxyl groups is 1. The number of aliphatic hydroxyl groups excluding tert-OH is 1. The lowest BCUT2D eigenvalue weighted by Gasteiger charge is -2.11. The summed E-state index contributed by atoms with van der Waals surface area (Å²) in [6.07, 6.45) is 0. The Labute approximate surface area is 178 Å². The summed E-state index contributed by atoms with van der Waals surface area (Å²) in [5.41, 5.74) is 2.26. The number of thioether (sulfide) groups is 1. The first-order valence-electron chi connectivity index (χ1n) is 8.73. The Balaban J connectivity index is 1.71. The van der Waals surface area contributed by atoms with Crippen LogP contribution in [0.25, 0.3) is 0 Å². The minimum absolute atomic E-state index is 0.0376.